The van der Waals surface area contributed by atoms with Gasteiger partial charge in [-0.05, 0) is 17.7 Å². The van der Waals surface area contributed by atoms with Crippen LogP contribution in [-0.4, -0.2) is 25.8 Å². The van der Waals surface area contributed by atoms with Crippen LogP contribution >= 0.6 is 23.2 Å². The maximum atomic E-state index is 12.7. The number of hydrogen-bond donors (Lipinski definition) is 2. The molecule has 25 heavy (non-hydrogen) atoms. The number of pyridine rings is 1. The number of hydrogen-bond acceptors (Lipinski definition) is 4. The van der Waals surface area contributed by atoms with Gasteiger partial charge in [0.25, 0.3) is 5.56 Å². The molecular weight excluding hydrogens is 367 g/mol. The number of aromatic hydroxyl groups is 1. The number of aliphatic hydroxyl groups excluding tert-OH is 1. The minimum atomic E-state index is -0.640. The third kappa shape index (κ3) is 3.28. The van der Waals surface area contributed by atoms with Crippen molar-refractivity contribution in [2.75, 3.05) is 6.61 Å². The largest absolute Gasteiger partial charge is 0.503 e. The van der Waals surface area contributed by atoms with Crippen LogP contribution in [0.25, 0.3) is 5.52 Å². The summed E-state index contributed by atoms with van der Waals surface area (Å²) in [5.41, 5.74) is 0.0156. The summed E-state index contributed by atoms with van der Waals surface area (Å²) >= 11 is 11.9. The minimum absolute atomic E-state index is 0.126. The summed E-state index contributed by atoms with van der Waals surface area (Å²) in [4.78, 5) is 24.4. The highest BCUT2D eigenvalue weighted by Gasteiger charge is 2.14. The summed E-state index contributed by atoms with van der Waals surface area (Å²) in [5, 5.41) is 20.1. The van der Waals surface area contributed by atoms with E-state index in [4.69, 9.17) is 23.2 Å². The molecule has 3 aromatic rings. The van der Waals surface area contributed by atoms with E-state index >= 15 is 0 Å². The van der Waals surface area contributed by atoms with Gasteiger partial charge in [0.1, 0.15) is 0 Å². The zero-order valence-corrected chi connectivity index (χ0v) is 14.5. The highest BCUT2D eigenvalue weighted by molar-refractivity contribution is 6.42. The zero-order chi connectivity index (χ0) is 18.1. The van der Waals surface area contributed by atoms with Crippen LogP contribution in [0.15, 0.2) is 46.2 Å². The summed E-state index contributed by atoms with van der Waals surface area (Å²) in [6.07, 6.45) is 3.24. The van der Waals surface area contributed by atoms with Gasteiger partial charge in [-0.15, -0.1) is 0 Å². The Balaban J connectivity index is 2.22. The fourth-order valence-corrected chi connectivity index (χ4v) is 2.98. The highest BCUT2D eigenvalue weighted by Crippen LogP contribution is 2.23. The summed E-state index contributed by atoms with van der Waals surface area (Å²) < 4.78 is 2.78. The van der Waals surface area contributed by atoms with Gasteiger partial charge in [0.15, 0.2) is 11.3 Å². The van der Waals surface area contributed by atoms with Crippen LogP contribution in [0, 0.1) is 0 Å². The van der Waals surface area contributed by atoms with E-state index in [1.165, 1.54) is 21.2 Å². The Labute approximate surface area is 152 Å². The lowest BCUT2D eigenvalue weighted by atomic mass is 10.2. The molecule has 0 unspecified atom stereocenters. The van der Waals surface area contributed by atoms with Crippen LogP contribution in [0.1, 0.15) is 11.3 Å². The van der Waals surface area contributed by atoms with Crippen LogP contribution < -0.4 is 11.0 Å². The predicted octanol–water partition coefficient (Wildman–Crippen LogP) is 2.06. The molecule has 0 bridgehead atoms. The van der Waals surface area contributed by atoms with Crippen molar-refractivity contribution in [3.8, 4) is 5.75 Å². The van der Waals surface area contributed by atoms with Gasteiger partial charge in [-0.2, -0.15) is 0 Å². The number of halogens is 2. The molecule has 8 heteroatoms. The van der Waals surface area contributed by atoms with Crippen LogP contribution in [0.3, 0.4) is 0 Å². The van der Waals surface area contributed by atoms with Crippen molar-refractivity contribution >= 4 is 28.7 Å². The lowest BCUT2D eigenvalue weighted by Crippen LogP contribution is -2.26. The summed E-state index contributed by atoms with van der Waals surface area (Å²) in [5.74, 6) is -0.616. The molecular formula is C17H14Cl2N2O4. The maximum absolute atomic E-state index is 12.7. The highest BCUT2D eigenvalue weighted by atomic mass is 35.5. The van der Waals surface area contributed by atoms with Crippen LogP contribution in [-0.2, 0) is 13.0 Å². The first-order valence-electron chi connectivity index (χ1n) is 7.44. The molecule has 0 saturated carbocycles. The molecule has 3 rings (SSSR count). The second-order valence-corrected chi connectivity index (χ2v) is 6.34. The van der Waals surface area contributed by atoms with Crippen LogP contribution in [0.4, 0.5) is 0 Å². The van der Waals surface area contributed by atoms with Crippen LogP contribution in [0.2, 0.25) is 10.0 Å². The normalized spacial score (nSPS) is 11.2. The van der Waals surface area contributed by atoms with E-state index in [2.05, 4.69) is 0 Å². The molecule has 2 heterocycles. The Morgan fingerprint density at radius 1 is 1.08 bits per heavy atom. The van der Waals surface area contributed by atoms with E-state index in [9.17, 15) is 19.8 Å². The molecule has 0 aliphatic heterocycles. The maximum Gasteiger partial charge on any atom is 0.279 e. The molecule has 0 saturated heterocycles. The average Bonchev–Trinajstić information content (AvgIpc) is 2.58. The average molecular weight is 381 g/mol. The Morgan fingerprint density at radius 3 is 2.52 bits per heavy atom. The quantitative estimate of drug-likeness (QED) is 0.725. The Kier molecular flexibility index (Phi) is 4.85. The molecule has 130 valence electrons. The minimum Gasteiger partial charge on any atom is -0.503 e. The first kappa shape index (κ1) is 17.5. The number of aromatic nitrogens is 2. The zero-order valence-electron chi connectivity index (χ0n) is 12.9. The summed E-state index contributed by atoms with van der Waals surface area (Å²) in [6.45, 7) is 0.0279. The molecule has 0 amide bonds. The van der Waals surface area contributed by atoms with Crippen molar-refractivity contribution in [2.45, 2.75) is 13.0 Å². The Hall–Kier alpha value is -2.28. The fourth-order valence-electron chi connectivity index (χ4n) is 2.66. The number of benzene rings is 1. The van der Waals surface area contributed by atoms with Gasteiger partial charge in [0.2, 0.25) is 5.43 Å². The van der Waals surface area contributed by atoms with Crippen LogP contribution in [0.5, 0.6) is 5.75 Å². The molecule has 0 spiro atoms. The Bertz CT molecular complexity index is 1070. The molecule has 0 aliphatic carbocycles. The number of aliphatic hydroxyl groups is 1. The van der Waals surface area contributed by atoms with E-state index in [1.54, 1.807) is 24.4 Å². The van der Waals surface area contributed by atoms with Gasteiger partial charge in [0.05, 0.1) is 16.6 Å². The van der Waals surface area contributed by atoms with Gasteiger partial charge in [-0.1, -0.05) is 29.3 Å². The van der Waals surface area contributed by atoms with Crippen molar-refractivity contribution < 1.29 is 10.2 Å². The molecule has 0 aliphatic rings. The van der Waals surface area contributed by atoms with E-state index in [0.29, 0.717) is 15.7 Å². The molecule has 2 N–H and O–H groups in total. The van der Waals surface area contributed by atoms with E-state index in [0.717, 1.165) is 5.56 Å². The van der Waals surface area contributed by atoms with Gasteiger partial charge >= 0.3 is 0 Å². The number of fused-ring (bicyclic) bond motifs is 1. The molecule has 0 atom stereocenters. The summed E-state index contributed by atoms with van der Waals surface area (Å²) in [7, 11) is 0. The van der Waals surface area contributed by atoms with E-state index in [1.807, 2.05) is 0 Å². The van der Waals surface area contributed by atoms with Gasteiger partial charge in [-0.25, -0.2) is 0 Å². The molecule has 0 radical (unpaired) electrons. The smallest absolute Gasteiger partial charge is 0.279 e. The van der Waals surface area contributed by atoms with Crippen molar-refractivity contribution in [1.82, 2.24) is 8.97 Å². The third-order valence-corrected chi connectivity index (χ3v) is 4.60. The van der Waals surface area contributed by atoms with Crippen molar-refractivity contribution in [2.24, 2.45) is 0 Å². The van der Waals surface area contributed by atoms with Gasteiger partial charge in [-0.3, -0.25) is 9.59 Å². The lowest BCUT2D eigenvalue weighted by molar-refractivity contribution is 0.297. The second kappa shape index (κ2) is 6.92. The van der Waals surface area contributed by atoms with Gasteiger partial charge in [0, 0.05) is 37.2 Å². The van der Waals surface area contributed by atoms with Crippen molar-refractivity contribution in [3.05, 3.63) is 78.5 Å². The standard InChI is InChI=1S/C17H14Cl2N2O4/c18-12-2-1-10(7-13(12)19)8-20-9-11(4-6-22)21-5-3-14(23)16(24)15(21)17(20)25/h1-3,5,7,9,22,24H,4,6,8H2. The monoisotopic (exact) mass is 380 g/mol. The molecule has 2 aromatic heterocycles. The molecule has 1 aromatic carbocycles. The molecule has 0 fully saturated rings. The Morgan fingerprint density at radius 2 is 1.84 bits per heavy atom. The van der Waals surface area contributed by atoms with E-state index in [-0.39, 0.29) is 25.1 Å². The summed E-state index contributed by atoms with van der Waals surface area (Å²) in [6, 6.07) is 6.17. The first-order chi connectivity index (χ1) is 11.9. The first-order valence-corrected chi connectivity index (χ1v) is 8.19. The van der Waals surface area contributed by atoms with E-state index < -0.39 is 16.7 Å². The fraction of sp³-hybridized carbons (Fsp3) is 0.176. The third-order valence-electron chi connectivity index (χ3n) is 3.86. The predicted molar refractivity (Wildman–Crippen MR) is 95.9 cm³/mol. The lowest BCUT2D eigenvalue weighted by Gasteiger charge is -2.14. The topological polar surface area (TPSA) is 83.9 Å². The van der Waals surface area contributed by atoms with Crippen molar-refractivity contribution in [3.63, 3.8) is 0 Å². The second-order valence-electron chi connectivity index (χ2n) is 5.52. The van der Waals surface area contributed by atoms with Crippen molar-refractivity contribution in [1.29, 1.82) is 0 Å². The number of nitrogens with zero attached hydrogens (tertiary/aromatic N) is 2. The SMILES string of the molecule is O=c1ccn2c(CCO)cn(Cc3ccc(Cl)c(Cl)c3)c(=O)c2c1O. The number of rotatable bonds is 4. The molecule has 6 nitrogen and oxygen atoms in total. The van der Waals surface area contributed by atoms with Gasteiger partial charge < -0.3 is 19.2 Å².